The summed E-state index contributed by atoms with van der Waals surface area (Å²) < 4.78 is 12.0. The van der Waals surface area contributed by atoms with Gasteiger partial charge in [-0.1, -0.05) is 12.0 Å². The van der Waals surface area contributed by atoms with Gasteiger partial charge in [0, 0.05) is 49.4 Å². The largest absolute Gasteiger partial charge is 0.491 e. The molecule has 2 aromatic carbocycles. The molecule has 0 aliphatic carbocycles. The lowest BCUT2D eigenvalue weighted by atomic mass is 10.1. The van der Waals surface area contributed by atoms with Crippen molar-refractivity contribution in [3.63, 3.8) is 0 Å². The fraction of sp³-hybridized carbons (Fsp3) is 0.385. The Morgan fingerprint density at radius 2 is 2.18 bits per heavy atom. The summed E-state index contributed by atoms with van der Waals surface area (Å²) in [7, 11) is 1.89. The number of hydrogen-bond donors (Lipinski definition) is 2. The van der Waals surface area contributed by atoms with Gasteiger partial charge in [0.15, 0.2) is 0 Å². The van der Waals surface area contributed by atoms with Gasteiger partial charge in [0.2, 0.25) is 0 Å². The maximum absolute atomic E-state index is 6.22. The number of ether oxygens (including phenoxy) is 2. The van der Waals surface area contributed by atoms with E-state index in [-0.39, 0.29) is 0 Å². The molecule has 0 saturated carbocycles. The maximum Gasteiger partial charge on any atom is 0.143 e. The first-order valence-corrected chi connectivity index (χ1v) is 11.5. The number of aromatic nitrogens is 2. The molecule has 0 amide bonds. The lowest BCUT2D eigenvalue weighted by Gasteiger charge is -2.22. The Morgan fingerprint density at radius 1 is 1.24 bits per heavy atom. The second-order valence-electron chi connectivity index (χ2n) is 8.48. The van der Waals surface area contributed by atoms with E-state index in [0.29, 0.717) is 24.6 Å². The first-order chi connectivity index (χ1) is 16.2. The van der Waals surface area contributed by atoms with Crippen LogP contribution < -0.4 is 15.4 Å². The molecule has 2 saturated heterocycles. The molecule has 2 unspecified atom stereocenters. The molecule has 33 heavy (non-hydrogen) atoms. The zero-order valence-electron chi connectivity index (χ0n) is 18.9. The predicted molar refractivity (Wildman–Crippen MR) is 131 cm³/mol. The van der Waals surface area contributed by atoms with Crippen molar-refractivity contribution in [1.82, 2.24) is 14.9 Å². The third kappa shape index (κ3) is 4.58. The number of benzene rings is 2. The zero-order valence-corrected chi connectivity index (χ0v) is 18.9. The number of nitrogens with one attached hydrogen (secondary N) is 2. The van der Waals surface area contributed by atoms with Crippen molar-refractivity contribution in [2.24, 2.45) is 0 Å². The average Bonchev–Trinajstić information content (AvgIpc) is 3.46. The number of likely N-dealkylation sites (tertiary alicyclic amines) is 1. The molecule has 5 rings (SSSR count). The second kappa shape index (κ2) is 9.65. The molecule has 2 N–H and O–H groups in total. The average molecular weight is 444 g/mol. The van der Waals surface area contributed by atoms with Crippen molar-refractivity contribution < 1.29 is 9.47 Å². The lowest BCUT2D eigenvalue weighted by Crippen LogP contribution is -2.33. The first-order valence-electron chi connectivity index (χ1n) is 11.5. The molecule has 7 nitrogen and oxygen atoms in total. The van der Waals surface area contributed by atoms with Crippen LogP contribution in [0.2, 0.25) is 0 Å². The summed E-state index contributed by atoms with van der Waals surface area (Å²) in [6, 6.07) is 12.3. The van der Waals surface area contributed by atoms with Crippen LogP contribution in [0, 0.1) is 12.3 Å². The Morgan fingerprint density at radius 3 is 3.06 bits per heavy atom. The number of rotatable bonds is 8. The van der Waals surface area contributed by atoms with E-state index < -0.39 is 0 Å². The molecular weight excluding hydrogens is 414 g/mol. The molecule has 0 bridgehead atoms. The van der Waals surface area contributed by atoms with Crippen molar-refractivity contribution in [3.8, 4) is 18.1 Å². The van der Waals surface area contributed by atoms with E-state index in [1.807, 2.05) is 43.4 Å². The molecule has 1 aromatic heterocycles. The fourth-order valence-corrected chi connectivity index (χ4v) is 4.84. The summed E-state index contributed by atoms with van der Waals surface area (Å²) in [5, 5.41) is 7.49. The molecule has 3 aromatic rings. The van der Waals surface area contributed by atoms with E-state index in [1.165, 1.54) is 0 Å². The topological polar surface area (TPSA) is 71.5 Å². The van der Waals surface area contributed by atoms with Crippen LogP contribution in [-0.2, 0) is 4.74 Å². The third-order valence-corrected chi connectivity index (χ3v) is 6.49. The number of terminal acetylenes is 1. The predicted octanol–water partition coefficient (Wildman–Crippen LogP) is 4.03. The van der Waals surface area contributed by atoms with Crippen LogP contribution in [0.3, 0.4) is 0 Å². The Balaban J connectivity index is 1.30. The number of hydrogen-bond acceptors (Lipinski definition) is 7. The van der Waals surface area contributed by atoms with Crippen molar-refractivity contribution in [1.29, 1.82) is 0 Å². The van der Waals surface area contributed by atoms with Crippen molar-refractivity contribution >= 4 is 28.1 Å². The van der Waals surface area contributed by atoms with E-state index in [4.69, 9.17) is 15.9 Å². The molecule has 0 spiro atoms. The van der Waals surface area contributed by atoms with Gasteiger partial charge in [0.05, 0.1) is 23.9 Å². The van der Waals surface area contributed by atoms with Gasteiger partial charge in [-0.25, -0.2) is 9.97 Å². The summed E-state index contributed by atoms with van der Waals surface area (Å²) in [6.45, 7) is 3.71. The number of fused-ring (bicyclic) bond motifs is 2. The smallest absolute Gasteiger partial charge is 0.143 e. The van der Waals surface area contributed by atoms with E-state index in [1.54, 1.807) is 6.33 Å². The maximum atomic E-state index is 6.22. The SMILES string of the molecule is C#Cc1cccc(Nc2ncnc3cc(NC)c(OCCCN4CCC5OCCC54)cc23)c1. The summed E-state index contributed by atoms with van der Waals surface area (Å²) in [5.41, 5.74) is 3.44. The number of nitrogens with zero attached hydrogens (tertiary/aromatic N) is 3. The molecule has 2 fully saturated rings. The summed E-state index contributed by atoms with van der Waals surface area (Å²) in [5.74, 6) is 4.17. The third-order valence-electron chi connectivity index (χ3n) is 6.49. The molecule has 170 valence electrons. The second-order valence-corrected chi connectivity index (χ2v) is 8.48. The van der Waals surface area contributed by atoms with Gasteiger partial charge in [0.1, 0.15) is 17.9 Å². The van der Waals surface area contributed by atoms with Crippen molar-refractivity contribution in [2.45, 2.75) is 31.4 Å². The highest BCUT2D eigenvalue weighted by molar-refractivity contribution is 5.94. The highest BCUT2D eigenvalue weighted by Gasteiger charge is 2.37. The van der Waals surface area contributed by atoms with Crippen LogP contribution in [0.1, 0.15) is 24.8 Å². The lowest BCUT2D eigenvalue weighted by molar-refractivity contribution is 0.105. The molecule has 0 radical (unpaired) electrons. The van der Waals surface area contributed by atoms with Crippen molar-refractivity contribution in [3.05, 3.63) is 48.3 Å². The van der Waals surface area contributed by atoms with Crippen LogP contribution in [0.5, 0.6) is 5.75 Å². The standard InChI is InChI=1S/C26H29N5O2/c1-3-18-6-4-7-19(14-18)30-26-20-15-25(22(27-2)16-21(20)28-17-29-26)32-12-5-10-31-11-8-24-23(31)9-13-33-24/h1,4,6-7,14-17,23-24,27H,5,8-13H2,2H3,(H,28,29,30). The molecule has 3 heterocycles. The minimum Gasteiger partial charge on any atom is -0.491 e. The van der Waals surface area contributed by atoms with Crippen LogP contribution in [0.25, 0.3) is 10.9 Å². The molecular formula is C26H29N5O2. The Hall–Kier alpha value is -3.34. The van der Waals surface area contributed by atoms with Gasteiger partial charge < -0.3 is 20.1 Å². The fourth-order valence-electron chi connectivity index (χ4n) is 4.84. The highest BCUT2D eigenvalue weighted by Crippen LogP contribution is 2.33. The van der Waals surface area contributed by atoms with Gasteiger partial charge in [-0.15, -0.1) is 6.42 Å². The number of anilines is 3. The van der Waals surface area contributed by atoms with Gasteiger partial charge in [0.25, 0.3) is 0 Å². The van der Waals surface area contributed by atoms with Crippen molar-refractivity contribution in [2.75, 3.05) is 44.0 Å². The summed E-state index contributed by atoms with van der Waals surface area (Å²) >= 11 is 0. The molecule has 2 aliphatic rings. The minimum absolute atomic E-state index is 0.439. The highest BCUT2D eigenvalue weighted by atomic mass is 16.5. The Kier molecular flexibility index (Phi) is 6.29. The van der Waals surface area contributed by atoms with Gasteiger partial charge in [-0.3, -0.25) is 4.90 Å². The summed E-state index contributed by atoms with van der Waals surface area (Å²) in [4.78, 5) is 11.5. The van der Waals surface area contributed by atoms with E-state index >= 15 is 0 Å². The molecule has 2 aliphatic heterocycles. The van der Waals surface area contributed by atoms with E-state index in [0.717, 1.165) is 72.5 Å². The summed E-state index contributed by atoms with van der Waals surface area (Å²) in [6.07, 6.45) is 10.8. The van der Waals surface area contributed by atoms with Gasteiger partial charge in [-0.2, -0.15) is 0 Å². The van der Waals surface area contributed by atoms with Crippen LogP contribution in [0.15, 0.2) is 42.7 Å². The quantitative estimate of drug-likeness (QED) is 0.402. The first kappa shape index (κ1) is 21.5. The molecule has 2 atom stereocenters. The van der Waals surface area contributed by atoms with E-state index in [9.17, 15) is 0 Å². The normalized spacial score (nSPS) is 19.9. The molecule has 7 heteroatoms. The van der Waals surface area contributed by atoms with Crippen LogP contribution in [0.4, 0.5) is 17.2 Å². The minimum atomic E-state index is 0.439. The van der Waals surface area contributed by atoms with Gasteiger partial charge >= 0.3 is 0 Å². The van der Waals surface area contributed by atoms with Crippen LogP contribution in [-0.4, -0.2) is 60.4 Å². The Labute approximate surface area is 194 Å². The Bertz CT molecular complexity index is 1180. The van der Waals surface area contributed by atoms with Crippen LogP contribution >= 0.6 is 0 Å². The van der Waals surface area contributed by atoms with Gasteiger partial charge in [-0.05, 0) is 49.6 Å². The zero-order chi connectivity index (χ0) is 22.6. The monoisotopic (exact) mass is 443 g/mol. The van der Waals surface area contributed by atoms with E-state index in [2.05, 4.69) is 31.4 Å².